The summed E-state index contributed by atoms with van der Waals surface area (Å²) in [6.07, 6.45) is 3.27. The molecule has 0 unspecified atom stereocenters. The van der Waals surface area contributed by atoms with E-state index in [1.54, 1.807) is 36.7 Å². The summed E-state index contributed by atoms with van der Waals surface area (Å²) in [6.45, 7) is 5.71. The minimum absolute atomic E-state index is 0.0740. The summed E-state index contributed by atoms with van der Waals surface area (Å²) < 4.78 is 29.8. The Labute approximate surface area is 152 Å². The summed E-state index contributed by atoms with van der Waals surface area (Å²) >= 11 is 6.25. The molecule has 0 radical (unpaired) electrons. The van der Waals surface area contributed by atoms with Crippen LogP contribution >= 0.6 is 11.6 Å². The highest BCUT2D eigenvalue weighted by atomic mass is 35.5. The van der Waals surface area contributed by atoms with Gasteiger partial charge in [-0.05, 0) is 67.8 Å². The lowest BCUT2D eigenvalue weighted by molar-refractivity contribution is 0.594. The molecule has 25 heavy (non-hydrogen) atoms. The number of benzene rings is 1. The Morgan fingerprint density at radius 2 is 1.72 bits per heavy atom. The Hall–Kier alpha value is -2.31. The summed E-state index contributed by atoms with van der Waals surface area (Å²) in [5.74, 6) is 0.373. The van der Waals surface area contributed by atoms with Crippen LogP contribution in [0.2, 0.25) is 5.02 Å². The van der Waals surface area contributed by atoms with Crippen molar-refractivity contribution in [3.8, 4) is 5.82 Å². The van der Waals surface area contributed by atoms with Crippen LogP contribution in [0.15, 0.2) is 53.8 Å². The number of nitrogens with one attached hydrogen (secondary N) is 1. The molecule has 0 bridgehead atoms. The number of anilines is 1. The quantitative estimate of drug-likeness (QED) is 0.741. The van der Waals surface area contributed by atoms with Gasteiger partial charge in [0.2, 0.25) is 0 Å². The third kappa shape index (κ3) is 3.70. The van der Waals surface area contributed by atoms with E-state index in [4.69, 9.17) is 11.6 Å². The van der Waals surface area contributed by atoms with Crippen molar-refractivity contribution < 1.29 is 8.42 Å². The molecule has 0 saturated carbocycles. The van der Waals surface area contributed by atoms with Gasteiger partial charge in [0.05, 0.1) is 5.02 Å². The van der Waals surface area contributed by atoms with Gasteiger partial charge < -0.3 is 0 Å². The van der Waals surface area contributed by atoms with Gasteiger partial charge in [-0.15, -0.1) is 0 Å². The normalized spacial score (nSPS) is 11.5. The molecule has 3 rings (SSSR count). The zero-order valence-electron chi connectivity index (χ0n) is 14.1. The Kier molecular flexibility index (Phi) is 4.58. The fourth-order valence-electron chi connectivity index (χ4n) is 2.70. The van der Waals surface area contributed by atoms with Crippen molar-refractivity contribution in [1.82, 2.24) is 9.55 Å². The van der Waals surface area contributed by atoms with Crippen molar-refractivity contribution in [2.24, 2.45) is 0 Å². The van der Waals surface area contributed by atoms with E-state index in [-0.39, 0.29) is 5.03 Å². The molecule has 0 spiro atoms. The first-order valence-corrected chi connectivity index (χ1v) is 9.53. The molecule has 1 N–H and O–H groups in total. The lowest BCUT2D eigenvalue weighted by Gasteiger charge is -2.13. The molecular formula is C18H18ClN3O2S. The van der Waals surface area contributed by atoms with Crippen molar-refractivity contribution in [2.75, 3.05) is 4.72 Å². The largest absolute Gasteiger partial charge is 0.289 e. The first-order valence-electron chi connectivity index (χ1n) is 7.67. The van der Waals surface area contributed by atoms with E-state index in [1.807, 2.05) is 26.8 Å². The minimum Gasteiger partial charge on any atom is -0.289 e. The average molecular weight is 376 g/mol. The monoisotopic (exact) mass is 375 g/mol. The van der Waals surface area contributed by atoms with Gasteiger partial charge in [0.1, 0.15) is 0 Å². The maximum absolute atomic E-state index is 12.9. The van der Waals surface area contributed by atoms with E-state index in [9.17, 15) is 8.42 Å². The fourth-order valence-corrected chi connectivity index (χ4v) is 4.21. The number of nitrogens with zero attached hydrogens (tertiary/aromatic N) is 2. The van der Waals surface area contributed by atoms with Crippen LogP contribution in [-0.2, 0) is 10.0 Å². The molecule has 0 aliphatic carbocycles. The first-order chi connectivity index (χ1) is 11.8. The van der Waals surface area contributed by atoms with E-state index in [2.05, 4.69) is 9.71 Å². The third-order valence-corrected chi connectivity index (χ3v) is 5.31. The average Bonchev–Trinajstić information content (AvgIpc) is 2.95. The van der Waals surface area contributed by atoms with Crippen LogP contribution in [0.5, 0.6) is 0 Å². The molecule has 0 amide bonds. The number of hydrogen-bond donors (Lipinski definition) is 1. The molecule has 2 heterocycles. The molecule has 0 atom stereocenters. The third-order valence-electron chi connectivity index (χ3n) is 3.65. The van der Waals surface area contributed by atoms with Gasteiger partial charge in [-0.25, -0.2) is 4.98 Å². The van der Waals surface area contributed by atoms with E-state index in [0.29, 0.717) is 16.5 Å². The number of aryl methyl sites for hydroxylation is 3. The van der Waals surface area contributed by atoms with Crippen LogP contribution < -0.4 is 4.72 Å². The van der Waals surface area contributed by atoms with Gasteiger partial charge >= 0.3 is 0 Å². The minimum atomic E-state index is -3.79. The molecular weight excluding hydrogens is 358 g/mol. The topological polar surface area (TPSA) is 64.0 Å². The second kappa shape index (κ2) is 6.54. The zero-order chi connectivity index (χ0) is 18.2. The van der Waals surface area contributed by atoms with Gasteiger partial charge in [-0.1, -0.05) is 17.7 Å². The molecule has 130 valence electrons. The molecule has 0 saturated heterocycles. The molecule has 2 aromatic heterocycles. The van der Waals surface area contributed by atoms with Crippen molar-refractivity contribution in [2.45, 2.75) is 25.8 Å². The molecule has 1 aromatic carbocycles. The maximum Gasteiger partial charge on any atom is 0.277 e. The summed E-state index contributed by atoms with van der Waals surface area (Å²) in [5, 5.41) is 0.462. The molecule has 0 aliphatic heterocycles. The molecule has 7 heteroatoms. The van der Waals surface area contributed by atoms with Crippen molar-refractivity contribution in [1.29, 1.82) is 0 Å². The molecule has 0 fully saturated rings. The lowest BCUT2D eigenvalue weighted by Crippen LogP contribution is -2.17. The second-order valence-electron chi connectivity index (χ2n) is 6.02. The fraction of sp³-hybridized carbons (Fsp3) is 0.167. The zero-order valence-corrected chi connectivity index (χ0v) is 15.7. The Balaban J connectivity index is 2.03. The van der Waals surface area contributed by atoms with Crippen molar-refractivity contribution in [3.05, 3.63) is 70.5 Å². The van der Waals surface area contributed by atoms with Gasteiger partial charge in [0.15, 0.2) is 10.8 Å². The van der Waals surface area contributed by atoms with E-state index in [0.717, 1.165) is 16.7 Å². The van der Waals surface area contributed by atoms with Crippen LogP contribution in [0.25, 0.3) is 5.82 Å². The Morgan fingerprint density at radius 3 is 2.36 bits per heavy atom. The van der Waals surface area contributed by atoms with Crippen LogP contribution in [0.1, 0.15) is 16.7 Å². The molecule has 5 nitrogen and oxygen atoms in total. The van der Waals surface area contributed by atoms with Crippen molar-refractivity contribution >= 4 is 27.3 Å². The van der Waals surface area contributed by atoms with E-state index < -0.39 is 10.0 Å². The highest BCUT2D eigenvalue weighted by Gasteiger charge is 2.21. The summed E-state index contributed by atoms with van der Waals surface area (Å²) in [7, 11) is -3.79. The SMILES string of the molecule is Cc1cc(C)cc(NS(=O)(=O)c2cccn2-c2ncc(C)cc2Cl)c1. The first kappa shape index (κ1) is 17.5. The van der Waals surface area contributed by atoms with Crippen molar-refractivity contribution in [3.63, 3.8) is 0 Å². The number of pyridine rings is 1. The highest BCUT2D eigenvalue weighted by molar-refractivity contribution is 7.92. The maximum atomic E-state index is 12.9. The van der Waals surface area contributed by atoms with E-state index in [1.165, 1.54) is 10.6 Å². The predicted molar refractivity (Wildman–Crippen MR) is 100 cm³/mol. The Bertz CT molecular complexity index is 1020. The second-order valence-corrected chi connectivity index (χ2v) is 8.05. The Morgan fingerprint density at radius 1 is 1.04 bits per heavy atom. The van der Waals surface area contributed by atoms with Gasteiger partial charge in [-0.2, -0.15) is 8.42 Å². The summed E-state index contributed by atoms with van der Waals surface area (Å²) in [6, 6.07) is 10.5. The van der Waals surface area contributed by atoms with Gasteiger partial charge in [0, 0.05) is 18.1 Å². The van der Waals surface area contributed by atoms with Crippen LogP contribution in [0.3, 0.4) is 0 Å². The number of sulfonamides is 1. The standard InChI is InChI=1S/C18H18ClN3O2S/c1-12-7-13(2)9-15(8-12)21-25(23,24)17-5-4-6-22(17)18-16(19)10-14(3)11-20-18/h4-11,21H,1-3H3. The highest BCUT2D eigenvalue weighted by Crippen LogP contribution is 2.25. The smallest absolute Gasteiger partial charge is 0.277 e. The number of hydrogen-bond acceptors (Lipinski definition) is 3. The number of halogens is 1. The van der Waals surface area contributed by atoms with Gasteiger partial charge in [0.25, 0.3) is 10.0 Å². The summed E-state index contributed by atoms with van der Waals surface area (Å²) in [5.41, 5.74) is 3.39. The van der Waals surface area contributed by atoms with Gasteiger partial charge in [-0.3, -0.25) is 9.29 Å². The van der Waals surface area contributed by atoms with Crippen LogP contribution in [-0.4, -0.2) is 18.0 Å². The van der Waals surface area contributed by atoms with E-state index >= 15 is 0 Å². The number of aromatic nitrogens is 2. The molecule has 3 aromatic rings. The predicted octanol–water partition coefficient (Wildman–Crippen LogP) is 4.25. The number of rotatable bonds is 4. The van der Waals surface area contributed by atoms with Crippen LogP contribution in [0.4, 0.5) is 5.69 Å². The molecule has 0 aliphatic rings. The summed E-state index contributed by atoms with van der Waals surface area (Å²) in [4.78, 5) is 4.27. The lowest BCUT2D eigenvalue weighted by atomic mass is 10.1. The van der Waals surface area contributed by atoms with Crippen LogP contribution in [0, 0.1) is 20.8 Å².